The number of aliphatic hydroxyl groups excluding tert-OH is 3. The maximum absolute atomic E-state index is 14.6. The molecular weight excluding hydrogens is 1690 g/mol. The highest BCUT2D eigenvalue weighted by molar-refractivity contribution is 8.14. The molecule has 7 aromatic carbocycles. The number of aliphatic hydroxyl groups is 3. The molecule has 2 amide bonds. The molecule has 2 unspecified atom stereocenters. The van der Waals surface area contributed by atoms with Gasteiger partial charge in [0.25, 0.3) is 11.8 Å². The zero-order chi connectivity index (χ0) is 90.9. The third-order valence-electron chi connectivity index (χ3n) is 23.9. The molecule has 17 rings (SSSR count). The van der Waals surface area contributed by atoms with Gasteiger partial charge in [-0.2, -0.15) is 5.48 Å². The number of hydrogen-bond donors (Lipinski definition) is 10. The molecule has 7 fully saturated rings. The largest absolute Gasteiger partial charge is 0.411 e. The molecule has 10 aliphatic rings. The SMILES string of the molecule is C=CC(C)O.C=CC(C)OC/C=N\O.C[C@H]1OCC2=NOC[C@@H]21.C[C@H]1OC[C@@](N)(c2ccccc2F)[C@@H]1CO.C[C@H]1OC[C@@](NC(=S)NC(=O)c2ccccc2)(c2ccccc2F)[C@@H]1CO.C[C@H]1OC[C@]2(c3ccccc3F)N=C(N)SC[C@H]12.C[C@H]1OC[C@]2(c3ccccc3F)N=C(NC(=O)c3ccccc3)SC[C@H]12.C[C@H]1OC[C@]2(c3ccccc3F)NOC[C@H]12. The second-order valence-electron chi connectivity index (χ2n) is 31.8. The van der Waals surface area contributed by atoms with E-state index in [9.17, 15) is 41.8 Å². The summed E-state index contributed by atoms with van der Waals surface area (Å²) >= 11 is 8.32. The molecule has 0 radical (unpaired) electrons. The van der Waals surface area contributed by atoms with Gasteiger partial charge in [-0.25, -0.2) is 31.9 Å². The molecule has 12 N–H and O–H groups in total. The van der Waals surface area contributed by atoms with Crippen LogP contribution >= 0.6 is 35.7 Å². The van der Waals surface area contributed by atoms with E-state index in [1.165, 1.54) is 66.1 Å². The number of nitrogens with zero attached hydrogens (tertiary/aromatic N) is 4. The number of carbonyl (C=O) groups is 2. The number of hydrogen-bond acceptors (Lipinski definition) is 25. The average Bonchev–Trinajstić information content (AvgIpc) is 1.71. The summed E-state index contributed by atoms with van der Waals surface area (Å²) in [6, 6.07) is 50.6. The Bertz CT molecular complexity index is 4900. The topological polar surface area (TPSA) is 348 Å². The number of nitrogens with two attached hydrogens (primary N) is 2. The van der Waals surface area contributed by atoms with Crippen molar-refractivity contribution >= 4 is 74.9 Å². The van der Waals surface area contributed by atoms with E-state index in [0.717, 1.165) is 18.1 Å². The van der Waals surface area contributed by atoms with Gasteiger partial charge < -0.3 is 85.5 Å². The first-order valence-corrected chi connectivity index (χ1v) is 43.9. The summed E-state index contributed by atoms with van der Waals surface area (Å²) in [5.74, 6) is -0.428. The zero-order valence-corrected chi connectivity index (χ0v) is 74.0. The maximum atomic E-state index is 14.6. The molecule has 0 aromatic heterocycles. The van der Waals surface area contributed by atoms with Crippen molar-refractivity contribution in [2.24, 2.45) is 67.3 Å². The summed E-state index contributed by atoms with van der Waals surface area (Å²) < 4.78 is 109. The van der Waals surface area contributed by atoms with E-state index in [2.05, 4.69) is 56.8 Å². The lowest BCUT2D eigenvalue weighted by Crippen LogP contribution is -2.56. The lowest BCUT2D eigenvalue weighted by Gasteiger charge is -2.36. The number of carbonyl (C=O) groups excluding carboxylic acids is 2. The van der Waals surface area contributed by atoms with Gasteiger partial charge in [-0.05, 0) is 122 Å². The third kappa shape index (κ3) is 23.4. The first kappa shape index (κ1) is 98.9. The molecule has 678 valence electrons. The molecule has 7 aromatic rings. The predicted octanol–water partition coefficient (Wildman–Crippen LogP) is 12.7. The summed E-state index contributed by atoms with van der Waals surface area (Å²) in [5.41, 5.74) is 15.7. The van der Waals surface area contributed by atoms with Crippen LogP contribution < -0.4 is 32.9 Å². The molecule has 19 atom stereocenters. The Morgan fingerprint density at radius 3 is 1.56 bits per heavy atom. The summed E-state index contributed by atoms with van der Waals surface area (Å²) in [4.78, 5) is 44.4. The minimum atomic E-state index is -1.08. The normalized spacial score (nSPS) is 29.5. The minimum absolute atomic E-state index is 0.0165. The number of amidine groups is 2. The van der Waals surface area contributed by atoms with Gasteiger partial charge in [0, 0.05) is 80.0 Å². The van der Waals surface area contributed by atoms with E-state index in [0.29, 0.717) is 107 Å². The number of ether oxygens (including phenoxy) is 7. The minimum Gasteiger partial charge on any atom is -0.411 e. The Kier molecular flexibility index (Phi) is 36.2. The van der Waals surface area contributed by atoms with Crippen LogP contribution in [0.25, 0.3) is 0 Å². The Labute approximate surface area is 745 Å². The van der Waals surface area contributed by atoms with Crippen molar-refractivity contribution in [1.82, 2.24) is 21.4 Å². The van der Waals surface area contributed by atoms with Crippen LogP contribution in [-0.2, 0) is 70.5 Å². The quantitative estimate of drug-likeness (QED) is 0.0114. The van der Waals surface area contributed by atoms with Crippen LogP contribution in [0.15, 0.2) is 228 Å². The fourth-order valence-electron chi connectivity index (χ4n) is 16.5. The van der Waals surface area contributed by atoms with Crippen molar-refractivity contribution in [2.75, 3.05) is 84.2 Å². The number of fused-ring (bicyclic) bond motifs is 4. The van der Waals surface area contributed by atoms with Crippen LogP contribution in [0.5, 0.6) is 0 Å². The first-order chi connectivity index (χ1) is 60.5. The average molecular weight is 1800 g/mol. The second-order valence-corrected chi connectivity index (χ2v) is 34.2. The Balaban J connectivity index is 0.000000156. The number of halogens is 5. The van der Waals surface area contributed by atoms with Gasteiger partial charge in [0.15, 0.2) is 15.4 Å². The molecule has 33 heteroatoms. The van der Waals surface area contributed by atoms with Crippen LogP contribution in [0.3, 0.4) is 0 Å². The molecule has 25 nitrogen and oxygen atoms in total. The van der Waals surface area contributed by atoms with Gasteiger partial charge >= 0.3 is 0 Å². The summed E-state index contributed by atoms with van der Waals surface area (Å²) in [6.45, 7) is 25.5. The van der Waals surface area contributed by atoms with E-state index in [4.69, 9.17) is 81.8 Å². The Hall–Kier alpha value is -9.24. The fraction of sp³-hybridized carbons (Fsp3) is 0.430. The second kappa shape index (κ2) is 46.1. The molecule has 0 spiro atoms. The van der Waals surface area contributed by atoms with E-state index in [1.807, 2.05) is 84.0 Å². The molecule has 7 saturated heterocycles. The summed E-state index contributed by atoms with van der Waals surface area (Å²) in [6.07, 6.45) is 4.08. The van der Waals surface area contributed by atoms with E-state index in [-0.39, 0.29) is 133 Å². The monoisotopic (exact) mass is 1800 g/mol. The number of thioether (sulfide) groups is 2. The number of amides is 2. The molecular formula is C93H113F5N10O15S3. The van der Waals surface area contributed by atoms with Crippen LogP contribution in [-0.4, -0.2) is 193 Å². The number of aliphatic imine (C=N–C) groups is 2. The van der Waals surface area contributed by atoms with Crippen molar-refractivity contribution < 1.29 is 94.9 Å². The van der Waals surface area contributed by atoms with Crippen LogP contribution in [0, 0.1) is 64.6 Å². The number of thiocarbonyl (C=S) groups is 1. The van der Waals surface area contributed by atoms with Crippen molar-refractivity contribution in [1.29, 1.82) is 0 Å². The van der Waals surface area contributed by atoms with E-state index in [1.54, 1.807) is 122 Å². The smallest absolute Gasteiger partial charge is 0.257 e. The van der Waals surface area contributed by atoms with Gasteiger partial charge in [0.2, 0.25) is 0 Å². The lowest BCUT2D eigenvalue weighted by molar-refractivity contribution is 0.00704. The zero-order valence-electron chi connectivity index (χ0n) is 71.6. The van der Waals surface area contributed by atoms with Gasteiger partial charge in [0.1, 0.15) is 52.3 Å². The number of rotatable bonds is 15. The molecule has 0 bridgehead atoms. The van der Waals surface area contributed by atoms with Crippen molar-refractivity contribution in [3.8, 4) is 0 Å². The highest BCUT2D eigenvalue weighted by Gasteiger charge is 2.57. The third-order valence-corrected chi connectivity index (χ3v) is 26.0. The van der Waals surface area contributed by atoms with E-state index >= 15 is 0 Å². The first-order valence-electron chi connectivity index (χ1n) is 41.5. The van der Waals surface area contributed by atoms with Gasteiger partial charge in [-0.3, -0.25) is 14.9 Å². The predicted molar refractivity (Wildman–Crippen MR) is 480 cm³/mol. The summed E-state index contributed by atoms with van der Waals surface area (Å²) in [5, 5.41) is 51.6. The van der Waals surface area contributed by atoms with Crippen LogP contribution in [0.1, 0.15) is 104 Å². The highest BCUT2D eigenvalue weighted by Crippen LogP contribution is 2.51. The Morgan fingerprint density at radius 2 is 1.05 bits per heavy atom. The number of benzene rings is 7. The van der Waals surface area contributed by atoms with Crippen molar-refractivity contribution in [2.45, 2.75) is 132 Å². The molecule has 126 heavy (non-hydrogen) atoms. The van der Waals surface area contributed by atoms with Crippen LogP contribution in [0.4, 0.5) is 22.0 Å². The summed E-state index contributed by atoms with van der Waals surface area (Å²) in [7, 11) is 0. The van der Waals surface area contributed by atoms with Crippen molar-refractivity contribution in [3.63, 3.8) is 0 Å². The molecule has 10 aliphatic heterocycles. The van der Waals surface area contributed by atoms with Gasteiger partial charge in [0.05, 0.1) is 144 Å². The van der Waals surface area contributed by atoms with Crippen LogP contribution in [0.2, 0.25) is 0 Å². The van der Waals surface area contributed by atoms with E-state index < -0.39 is 39.4 Å². The standard InChI is InChI=1S/C20H21FN2O3S.C20H19FN2O2S.C13H15FN2OS.C12H14FNO2.C12H16FNO2.C6H9NO2.C6H11NO2.C4H8O/c1-13-16(11-24)20(12-26-13,15-9-5-6-10-17(15)21)23-19(27)22-18(25)14-7-3-2-4-8-14;1-13-16-11-26-19(22-18(24)14-7-3-2-4-8-14)23-20(16,12-25-13)15-9-5-6-10-17(15)21;1-8-10-6-18-12(15)16-13(10,7-17-8)9-4-2-3-5-11(9)14;1-8-10-6-16-14-12(10,7-15-8)9-4-2-3-5-11(9)13;1-8-10(6-15)12(14,7-16-8)9-4-2-3-5-11(9)13;1-4-5-2-9-7-6(5)3-8-4;1-3-6(2)9-5-4-7-8;1-3-4(2)5/h2-10,13,16,24H,11-12H2,1H3,(H2,22,23,25,27);2-10,13,16H,11-12H2,1H3,(H,22,23,24);2-5,8,10H,6-7H2,1H3,(H2,15,16);2-5,8,10,14H,6-7H2,1H3;2-5,8,10,15H,6-7,14H2,1H3;4-5H,2-3H2,1H3;3-4,6,8H,1,5H2,2H3;3-5H,1H2,2H3/b;;;;;;7-4-;/t2*13-,16-,20-;8-,10-,13-;2*8-,10-,12-;4-,5-;;/m111111../s1. The molecule has 0 aliphatic carbocycles. The maximum Gasteiger partial charge on any atom is 0.257 e. The fourth-order valence-corrected chi connectivity index (χ4v) is 19.1. The Morgan fingerprint density at radius 1 is 0.587 bits per heavy atom. The van der Waals surface area contributed by atoms with Crippen molar-refractivity contribution in [3.05, 3.63) is 275 Å². The van der Waals surface area contributed by atoms with Gasteiger partial charge in [-0.1, -0.05) is 173 Å². The number of hydroxylamine groups is 1. The molecule has 0 saturated carbocycles. The highest BCUT2D eigenvalue weighted by atomic mass is 32.2. The lowest BCUT2D eigenvalue weighted by atomic mass is 9.78. The van der Waals surface area contributed by atoms with Gasteiger partial charge in [-0.15, -0.1) is 13.2 Å². The molecule has 10 heterocycles. The number of nitrogens with one attached hydrogen (secondary N) is 4. The number of oxime groups is 2.